The van der Waals surface area contributed by atoms with Gasteiger partial charge in [0.05, 0.1) is 6.04 Å². The van der Waals surface area contributed by atoms with Crippen LogP contribution in [0.4, 0.5) is 4.79 Å². The molecule has 2 N–H and O–H groups in total. The maximum absolute atomic E-state index is 13.3. The number of pyridine rings is 1. The van der Waals surface area contributed by atoms with E-state index < -0.39 is 6.09 Å². The van der Waals surface area contributed by atoms with Crippen molar-refractivity contribution < 1.29 is 19.4 Å². The van der Waals surface area contributed by atoms with E-state index in [1.807, 2.05) is 17.3 Å². The molecule has 36 heavy (non-hydrogen) atoms. The summed E-state index contributed by atoms with van der Waals surface area (Å²) in [6.45, 7) is 5.15. The second kappa shape index (κ2) is 9.24. The van der Waals surface area contributed by atoms with Crippen LogP contribution in [0.25, 0.3) is 22.2 Å². The molecular formula is C28H32N4O4. The lowest BCUT2D eigenvalue weighted by molar-refractivity contribution is -0.139. The molecule has 5 heterocycles. The van der Waals surface area contributed by atoms with Gasteiger partial charge in [-0.15, -0.1) is 0 Å². The van der Waals surface area contributed by atoms with Crippen LogP contribution in [-0.4, -0.2) is 63.2 Å². The van der Waals surface area contributed by atoms with Gasteiger partial charge in [0, 0.05) is 62.1 Å². The predicted octanol–water partition coefficient (Wildman–Crippen LogP) is 4.66. The van der Waals surface area contributed by atoms with Gasteiger partial charge in [-0.05, 0) is 85.0 Å². The Morgan fingerprint density at radius 2 is 1.94 bits per heavy atom. The lowest BCUT2D eigenvalue weighted by Gasteiger charge is -2.35. The summed E-state index contributed by atoms with van der Waals surface area (Å²) >= 11 is 0. The molecule has 8 nitrogen and oxygen atoms in total. The summed E-state index contributed by atoms with van der Waals surface area (Å²) in [5, 5.41) is 10.9. The van der Waals surface area contributed by atoms with E-state index in [0.29, 0.717) is 32.8 Å². The van der Waals surface area contributed by atoms with Gasteiger partial charge in [0.15, 0.2) is 0 Å². The number of benzene rings is 1. The zero-order valence-electron chi connectivity index (χ0n) is 20.6. The van der Waals surface area contributed by atoms with Crippen molar-refractivity contribution in [3.05, 3.63) is 52.8 Å². The smallest absolute Gasteiger partial charge is 0.407 e. The SMILES string of the molecule is Cc1c[nH]c2ncc(-c3cc4c(c(C5CCCN5C(=O)O)c3)CCN(C(=O)C3CCOCC3)C4)cc12. The number of nitrogens with zero attached hydrogens (tertiary/aromatic N) is 3. The van der Waals surface area contributed by atoms with Crippen molar-refractivity contribution in [2.75, 3.05) is 26.3 Å². The largest absolute Gasteiger partial charge is 0.465 e. The topological polar surface area (TPSA) is 98.8 Å². The number of carbonyl (C=O) groups is 2. The van der Waals surface area contributed by atoms with Gasteiger partial charge in [0.2, 0.25) is 5.91 Å². The number of likely N-dealkylation sites (tertiary alicyclic amines) is 1. The van der Waals surface area contributed by atoms with Crippen LogP contribution < -0.4 is 0 Å². The summed E-state index contributed by atoms with van der Waals surface area (Å²) in [6.07, 6.45) is 6.97. The number of carboxylic acid groups (broad SMARTS) is 1. The van der Waals surface area contributed by atoms with Gasteiger partial charge in [-0.25, -0.2) is 9.78 Å². The highest BCUT2D eigenvalue weighted by atomic mass is 16.5. The molecular weight excluding hydrogens is 456 g/mol. The molecule has 2 amide bonds. The van der Waals surface area contributed by atoms with Crippen LogP contribution >= 0.6 is 0 Å². The van der Waals surface area contributed by atoms with Crippen LogP contribution in [-0.2, 0) is 22.5 Å². The highest BCUT2D eigenvalue weighted by molar-refractivity contribution is 5.85. The number of aryl methyl sites for hydroxylation is 1. The Balaban J connectivity index is 1.41. The molecule has 6 rings (SSSR count). The van der Waals surface area contributed by atoms with Crippen molar-refractivity contribution in [2.45, 2.75) is 51.6 Å². The van der Waals surface area contributed by atoms with Crippen molar-refractivity contribution in [1.29, 1.82) is 0 Å². The fraction of sp³-hybridized carbons (Fsp3) is 0.464. The van der Waals surface area contributed by atoms with Crippen LogP contribution in [0.5, 0.6) is 0 Å². The van der Waals surface area contributed by atoms with E-state index in [0.717, 1.165) is 71.0 Å². The average Bonchev–Trinajstić information content (AvgIpc) is 3.55. The second-order valence-electron chi connectivity index (χ2n) is 10.3. The lowest BCUT2D eigenvalue weighted by atomic mass is 9.86. The van der Waals surface area contributed by atoms with Crippen LogP contribution in [0.15, 0.2) is 30.6 Å². The van der Waals surface area contributed by atoms with Crippen LogP contribution in [0.3, 0.4) is 0 Å². The Morgan fingerprint density at radius 1 is 1.11 bits per heavy atom. The van der Waals surface area contributed by atoms with Crippen LogP contribution in [0.2, 0.25) is 0 Å². The first kappa shape index (κ1) is 23.0. The second-order valence-corrected chi connectivity index (χ2v) is 10.3. The molecule has 2 aromatic heterocycles. The summed E-state index contributed by atoms with van der Waals surface area (Å²) in [6, 6.07) is 6.36. The number of carbonyl (C=O) groups excluding carboxylic acids is 1. The fourth-order valence-electron chi connectivity index (χ4n) is 6.20. The first-order valence-electron chi connectivity index (χ1n) is 13.0. The molecule has 1 unspecified atom stereocenters. The Labute approximate surface area is 210 Å². The number of hydrogen-bond acceptors (Lipinski definition) is 4. The summed E-state index contributed by atoms with van der Waals surface area (Å²) in [7, 11) is 0. The number of hydrogen-bond donors (Lipinski definition) is 2. The minimum absolute atomic E-state index is 0.0310. The summed E-state index contributed by atoms with van der Waals surface area (Å²) in [5.74, 6) is 0.249. The number of amides is 2. The monoisotopic (exact) mass is 488 g/mol. The number of aromatic amines is 1. The summed E-state index contributed by atoms with van der Waals surface area (Å²) in [5.41, 5.74) is 7.44. The van der Waals surface area contributed by atoms with E-state index in [1.165, 1.54) is 5.56 Å². The van der Waals surface area contributed by atoms with Gasteiger partial charge in [0.25, 0.3) is 0 Å². The Kier molecular flexibility index (Phi) is 5.91. The minimum atomic E-state index is -0.866. The molecule has 188 valence electrons. The number of aromatic nitrogens is 2. The highest BCUT2D eigenvalue weighted by Crippen LogP contribution is 2.40. The van der Waals surface area contributed by atoms with Crippen molar-refractivity contribution in [3.8, 4) is 11.1 Å². The zero-order valence-corrected chi connectivity index (χ0v) is 20.6. The summed E-state index contributed by atoms with van der Waals surface area (Å²) in [4.78, 5) is 36.8. The summed E-state index contributed by atoms with van der Waals surface area (Å²) < 4.78 is 5.46. The first-order chi connectivity index (χ1) is 17.5. The van der Waals surface area contributed by atoms with E-state index in [4.69, 9.17) is 4.74 Å². The van der Waals surface area contributed by atoms with Crippen LogP contribution in [0, 0.1) is 12.8 Å². The third kappa shape index (κ3) is 4.03. The highest BCUT2D eigenvalue weighted by Gasteiger charge is 2.35. The van der Waals surface area contributed by atoms with E-state index in [9.17, 15) is 14.7 Å². The Hall–Kier alpha value is -3.39. The molecule has 3 aliphatic heterocycles. The number of rotatable bonds is 3. The van der Waals surface area contributed by atoms with Gasteiger partial charge in [0.1, 0.15) is 5.65 Å². The quantitative estimate of drug-likeness (QED) is 0.559. The molecule has 3 aromatic rings. The lowest BCUT2D eigenvalue weighted by Crippen LogP contribution is -2.42. The normalized spacial score (nSPS) is 20.6. The maximum Gasteiger partial charge on any atom is 0.407 e. The molecule has 2 fully saturated rings. The molecule has 0 aliphatic carbocycles. The zero-order chi connectivity index (χ0) is 24.8. The third-order valence-corrected chi connectivity index (χ3v) is 8.18. The van der Waals surface area contributed by atoms with Crippen molar-refractivity contribution >= 4 is 23.0 Å². The van der Waals surface area contributed by atoms with Gasteiger partial charge >= 0.3 is 6.09 Å². The molecule has 2 saturated heterocycles. The van der Waals surface area contributed by atoms with E-state index in [1.54, 1.807) is 4.90 Å². The molecule has 8 heteroatoms. The molecule has 3 aliphatic rings. The molecule has 0 saturated carbocycles. The molecule has 1 aromatic carbocycles. The predicted molar refractivity (Wildman–Crippen MR) is 136 cm³/mol. The maximum atomic E-state index is 13.3. The van der Waals surface area contributed by atoms with Crippen molar-refractivity contribution in [3.63, 3.8) is 0 Å². The Morgan fingerprint density at radius 3 is 2.75 bits per heavy atom. The van der Waals surface area contributed by atoms with E-state index >= 15 is 0 Å². The molecule has 1 atom stereocenters. The average molecular weight is 489 g/mol. The van der Waals surface area contributed by atoms with Gasteiger partial charge in [-0.2, -0.15) is 0 Å². The van der Waals surface area contributed by atoms with Crippen LogP contribution in [0.1, 0.15) is 54.0 Å². The third-order valence-electron chi connectivity index (χ3n) is 8.18. The molecule has 0 radical (unpaired) electrons. The van der Waals surface area contributed by atoms with Crippen molar-refractivity contribution in [1.82, 2.24) is 19.8 Å². The molecule has 0 spiro atoms. The van der Waals surface area contributed by atoms with Gasteiger partial charge in [-0.3, -0.25) is 4.79 Å². The van der Waals surface area contributed by atoms with Gasteiger partial charge < -0.3 is 24.6 Å². The van der Waals surface area contributed by atoms with E-state index in [2.05, 4.69) is 35.1 Å². The van der Waals surface area contributed by atoms with Crippen molar-refractivity contribution in [2.24, 2.45) is 5.92 Å². The fourth-order valence-corrected chi connectivity index (χ4v) is 6.20. The standard InChI is InChI=1S/C28H32N4O4/c1-17-14-29-26-23(17)13-20(15-30-26)19-11-21-16-31(27(33)18-5-9-36-10-6-18)8-4-22(21)24(12-19)25-3-2-7-32(25)28(34)35/h11-15,18,25H,2-10,16H2,1H3,(H,29,30)(H,34,35). The minimum Gasteiger partial charge on any atom is -0.465 e. The van der Waals surface area contributed by atoms with E-state index in [-0.39, 0.29) is 17.9 Å². The number of H-pyrrole nitrogens is 1. The number of ether oxygens (including phenoxy) is 1. The first-order valence-corrected chi connectivity index (χ1v) is 13.0. The van der Waals surface area contributed by atoms with Gasteiger partial charge in [-0.1, -0.05) is 0 Å². The Bertz CT molecular complexity index is 1330. The molecule has 0 bridgehead atoms. The number of nitrogens with one attached hydrogen (secondary N) is 1. The number of fused-ring (bicyclic) bond motifs is 2.